The summed E-state index contributed by atoms with van der Waals surface area (Å²) in [5, 5.41) is 3.79. The molecule has 25 heavy (non-hydrogen) atoms. The first kappa shape index (κ1) is 16.8. The number of rotatable bonds is 1. The molecular formula is C23H38N2. The molecule has 2 heteroatoms. The van der Waals surface area contributed by atoms with E-state index in [0.29, 0.717) is 16.2 Å². The van der Waals surface area contributed by atoms with Gasteiger partial charge in [-0.25, -0.2) is 0 Å². The summed E-state index contributed by atoms with van der Waals surface area (Å²) in [4.78, 5) is 2.47. The van der Waals surface area contributed by atoms with Crippen LogP contribution in [-0.2, 0) is 0 Å². The van der Waals surface area contributed by atoms with Crippen molar-refractivity contribution >= 4 is 0 Å². The molecule has 4 fully saturated rings. The van der Waals surface area contributed by atoms with Crippen molar-refractivity contribution in [2.45, 2.75) is 71.3 Å². The van der Waals surface area contributed by atoms with Crippen LogP contribution in [0, 0.1) is 34.0 Å². The average molecular weight is 343 g/mol. The molecule has 0 aromatic carbocycles. The normalized spacial score (nSPS) is 54.5. The predicted octanol–water partition coefficient (Wildman–Crippen LogP) is 4.47. The molecule has 4 aliphatic carbocycles. The fourth-order valence-corrected chi connectivity index (χ4v) is 8.76. The van der Waals surface area contributed by atoms with Crippen LogP contribution in [0.5, 0.6) is 0 Å². The van der Waals surface area contributed by atoms with Crippen LogP contribution in [-0.4, -0.2) is 38.1 Å². The number of nitrogens with one attached hydrogen (secondary N) is 1. The van der Waals surface area contributed by atoms with E-state index in [1.54, 1.807) is 0 Å². The molecule has 0 bridgehead atoms. The summed E-state index contributed by atoms with van der Waals surface area (Å²) in [7, 11) is 4.55. The number of nitrogens with zero attached hydrogens (tertiary/aromatic N) is 1. The first-order chi connectivity index (χ1) is 11.9. The lowest BCUT2D eigenvalue weighted by Gasteiger charge is -2.63. The zero-order valence-electron chi connectivity index (χ0n) is 16.9. The molecule has 2 nitrogen and oxygen atoms in total. The predicted molar refractivity (Wildman–Crippen MR) is 104 cm³/mol. The fourth-order valence-electron chi connectivity index (χ4n) is 8.76. The van der Waals surface area contributed by atoms with Crippen LogP contribution in [0.1, 0.15) is 65.2 Å². The van der Waals surface area contributed by atoms with Crippen LogP contribution >= 0.6 is 0 Å². The Morgan fingerprint density at radius 3 is 2.68 bits per heavy atom. The second-order valence-corrected chi connectivity index (χ2v) is 11.0. The highest BCUT2D eigenvalue weighted by atomic mass is 15.1. The SMILES string of the molecule is CN(C)[C@H]1CC[C@@]2(C)C(=CC[C@@]3(C)[C@@H]4CC[C@@H]5CNC[C@@]54CC[C@@H]32)C1. The van der Waals surface area contributed by atoms with Crippen molar-refractivity contribution in [3.8, 4) is 0 Å². The molecule has 1 N–H and O–H groups in total. The van der Waals surface area contributed by atoms with E-state index >= 15 is 0 Å². The molecule has 3 saturated carbocycles. The summed E-state index contributed by atoms with van der Waals surface area (Å²) in [6, 6.07) is 0.772. The summed E-state index contributed by atoms with van der Waals surface area (Å²) >= 11 is 0. The molecule has 1 aliphatic heterocycles. The van der Waals surface area contributed by atoms with E-state index in [0.717, 1.165) is 23.8 Å². The zero-order valence-corrected chi connectivity index (χ0v) is 16.9. The second-order valence-electron chi connectivity index (χ2n) is 11.0. The van der Waals surface area contributed by atoms with Crippen molar-refractivity contribution in [3.63, 3.8) is 0 Å². The maximum absolute atomic E-state index is 3.79. The van der Waals surface area contributed by atoms with Crippen molar-refractivity contribution in [1.82, 2.24) is 10.2 Å². The molecule has 1 heterocycles. The van der Waals surface area contributed by atoms with Gasteiger partial charge in [-0.2, -0.15) is 0 Å². The van der Waals surface area contributed by atoms with E-state index in [4.69, 9.17) is 0 Å². The van der Waals surface area contributed by atoms with Gasteiger partial charge in [-0.3, -0.25) is 0 Å². The average Bonchev–Trinajstić information content (AvgIpc) is 3.11. The fraction of sp³-hybridized carbons (Fsp3) is 0.913. The Labute approximate surface area is 154 Å². The third-order valence-corrected chi connectivity index (χ3v) is 10.1. The van der Waals surface area contributed by atoms with Crippen molar-refractivity contribution in [2.75, 3.05) is 27.2 Å². The van der Waals surface area contributed by atoms with E-state index in [1.165, 1.54) is 64.5 Å². The second kappa shape index (κ2) is 5.35. The first-order valence-corrected chi connectivity index (χ1v) is 11.0. The third kappa shape index (κ3) is 2.05. The Morgan fingerprint density at radius 1 is 1.04 bits per heavy atom. The van der Waals surface area contributed by atoms with Crippen LogP contribution in [0.3, 0.4) is 0 Å². The Morgan fingerprint density at radius 2 is 1.88 bits per heavy atom. The molecule has 0 radical (unpaired) electrons. The Hall–Kier alpha value is -0.340. The zero-order chi connectivity index (χ0) is 17.4. The van der Waals surface area contributed by atoms with Gasteiger partial charge in [0.1, 0.15) is 0 Å². The van der Waals surface area contributed by atoms with E-state index in [-0.39, 0.29) is 0 Å². The standard InChI is InChI=1S/C23H38N2/c1-21-11-8-18(25(3)4)13-16(21)7-10-22(2)19(21)9-12-23-15-24-14-17(23)5-6-20(22)23/h7,17-20,24H,5-6,8-15H2,1-4H3/t17-,18+,19-,20+,21+,22-,23+/m1/s1. The third-order valence-electron chi connectivity index (χ3n) is 10.1. The minimum Gasteiger partial charge on any atom is -0.316 e. The first-order valence-electron chi connectivity index (χ1n) is 11.0. The van der Waals surface area contributed by atoms with Crippen molar-refractivity contribution in [1.29, 1.82) is 0 Å². The molecule has 1 spiro atoms. The van der Waals surface area contributed by atoms with Crippen LogP contribution < -0.4 is 5.32 Å². The maximum Gasteiger partial charge on any atom is 0.0127 e. The van der Waals surface area contributed by atoms with E-state index < -0.39 is 0 Å². The number of hydrogen-bond donors (Lipinski definition) is 1. The highest BCUT2D eigenvalue weighted by Gasteiger charge is 2.65. The Balaban J connectivity index is 1.51. The molecule has 140 valence electrons. The van der Waals surface area contributed by atoms with E-state index in [9.17, 15) is 0 Å². The lowest BCUT2D eigenvalue weighted by Crippen LogP contribution is -2.57. The summed E-state index contributed by atoms with van der Waals surface area (Å²) in [5.41, 5.74) is 3.54. The lowest BCUT2D eigenvalue weighted by atomic mass is 9.41. The largest absolute Gasteiger partial charge is 0.316 e. The van der Waals surface area contributed by atoms with Gasteiger partial charge in [0.05, 0.1) is 0 Å². The molecule has 5 aliphatic rings. The van der Waals surface area contributed by atoms with Crippen LogP contribution in [0.2, 0.25) is 0 Å². The summed E-state index contributed by atoms with van der Waals surface area (Å²) in [6.07, 6.45) is 14.3. The smallest absolute Gasteiger partial charge is 0.0127 e. The number of hydrogen-bond acceptors (Lipinski definition) is 2. The lowest BCUT2D eigenvalue weighted by molar-refractivity contribution is -0.103. The van der Waals surface area contributed by atoms with Crippen LogP contribution in [0.25, 0.3) is 0 Å². The molecule has 0 unspecified atom stereocenters. The van der Waals surface area contributed by atoms with Gasteiger partial charge in [-0.15, -0.1) is 0 Å². The topological polar surface area (TPSA) is 15.3 Å². The van der Waals surface area contributed by atoms with Crippen LogP contribution in [0.15, 0.2) is 11.6 Å². The quantitative estimate of drug-likeness (QED) is 0.707. The molecule has 1 saturated heterocycles. The summed E-state index contributed by atoms with van der Waals surface area (Å²) in [5.74, 6) is 2.89. The van der Waals surface area contributed by atoms with Gasteiger partial charge >= 0.3 is 0 Å². The minimum atomic E-state index is 0.491. The van der Waals surface area contributed by atoms with Gasteiger partial charge in [0.15, 0.2) is 0 Å². The monoisotopic (exact) mass is 342 g/mol. The van der Waals surface area contributed by atoms with Crippen molar-refractivity contribution in [3.05, 3.63) is 11.6 Å². The number of allylic oxidation sites excluding steroid dienone is 1. The van der Waals surface area contributed by atoms with Crippen molar-refractivity contribution < 1.29 is 0 Å². The van der Waals surface area contributed by atoms with Crippen molar-refractivity contribution in [2.24, 2.45) is 34.0 Å². The minimum absolute atomic E-state index is 0.491. The number of fused-ring (bicyclic) bond motifs is 4. The summed E-state index contributed by atoms with van der Waals surface area (Å²) in [6.45, 7) is 7.99. The Kier molecular flexibility index (Phi) is 3.60. The van der Waals surface area contributed by atoms with Gasteiger partial charge in [-0.1, -0.05) is 25.5 Å². The molecule has 5 rings (SSSR count). The highest BCUT2D eigenvalue weighted by Crippen LogP contribution is 2.71. The van der Waals surface area contributed by atoms with Gasteiger partial charge < -0.3 is 10.2 Å². The molecule has 0 aromatic rings. The van der Waals surface area contributed by atoms with Gasteiger partial charge in [0.2, 0.25) is 0 Å². The molecule has 0 aromatic heterocycles. The maximum atomic E-state index is 3.79. The van der Waals surface area contributed by atoms with Gasteiger partial charge in [0, 0.05) is 12.6 Å². The van der Waals surface area contributed by atoms with E-state index in [1.807, 2.05) is 5.57 Å². The molecular weight excluding hydrogens is 304 g/mol. The van der Waals surface area contributed by atoms with Gasteiger partial charge in [0.25, 0.3) is 0 Å². The van der Waals surface area contributed by atoms with E-state index in [2.05, 4.69) is 44.2 Å². The molecule has 0 amide bonds. The summed E-state index contributed by atoms with van der Waals surface area (Å²) < 4.78 is 0. The van der Waals surface area contributed by atoms with Gasteiger partial charge in [-0.05, 0) is 106 Å². The molecule has 7 atom stereocenters. The van der Waals surface area contributed by atoms with Crippen LogP contribution in [0.4, 0.5) is 0 Å². The Bertz CT molecular complexity index is 595. The highest BCUT2D eigenvalue weighted by molar-refractivity contribution is 5.29.